The van der Waals surface area contributed by atoms with Gasteiger partial charge in [0, 0.05) is 31.7 Å². The van der Waals surface area contributed by atoms with Crippen LogP contribution in [0.5, 0.6) is 0 Å². The van der Waals surface area contributed by atoms with E-state index in [1.807, 2.05) is 6.92 Å². The molecule has 1 aromatic rings. The minimum Gasteiger partial charge on any atom is -0.316 e. The predicted octanol–water partition coefficient (Wildman–Crippen LogP) is 0.824. The first-order chi connectivity index (χ1) is 11.4. The maximum Gasteiger partial charge on any atom is 0.243 e. The standard InChI is InChI=1S/C17H23N3O3S/c1-11-5-13-6-16(3-4-17(13)20(11)12(2)21)24(22,23)19-9-14-7-18-8-15(14)10-19/h3-4,6,11,14-15,18H,5,7-10H2,1-2H3/t11?,14-,15+. The maximum atomic E-state index is 13.0. The molecule has 2 fully saturated rings. The van der Waals surface area contributed by atoms with Gasteiger partial charge in [0.15, 0.2) is 0 Å². The molecule has 1 N–H and O–H groups in total. The van der Waals surface area contributed by atoms with E-state index >= 15 is 0 Å². The van der Waals surface area contributed by atoms with Gasteiger partial charge in [-0.1, -0.05) is 0 Å². The number of hydrogen-bond donors (Lipinski definition) is 1. The normalized spacial score (nSPS) is 29.8. The van der Waals surface area contributed by atoms with Crippen molar-refractivity contribution in [1.29, 1.82) is 0 Å². The predicted molar refractivity (Wildman–Crippen MR) is 91.4 cm³/mol. The lowest BCUT2D eigenvalue weighted by molar-refractivity contribution is -0.116. The summed E-state index contributed by atoms with van der Waals surface area (Å²) in [5.74, 6) is 0.863. The summed E-state index contributed by atoms with van der Waals surface area (Å²) >= 11 is 0. The Morgan fingerprint density at radius 3 is 2.50 bits per heavy atom. The fourth-order valence-electron chi connectivity index (χ4n) is 4.41. The Kier molecular flexibility index (Phi) is 3.71. The molecule has 3 aliphatic heterocycles. The van der Waals surface area contributed by atoms with E-state index in [9.17, 15) is 13.2 Å². The molecule has 2 saturated heterocycles. The number of rotatable bonds is 2. The van der Waals surface area contributed by atoms with Crippen molar-refractivity contribution < 1.29 is 13.2 Å². The average Bonchev–Trinajstić information content (AvgIpc) is 3.17. The van der Waals surface area contributed by atoms with E-state index in [1.165, 1.54) is 0 Å². The molecule has 6 nitrogen and oxygen atoms in total. The summed E-state index contributed by atoms with van der Waals surface area (Å²) in [5, 5.41) is 3.33. The Bertz CT molecular complexity index is 780. The molecule has 130 valence electrons. The molecule has 0 aromatic heterocycles. The van der Waals surface area contributed by atoms with E-state index in [0.717, 1.165) is 24.3 Å². The average molecular weight is 349 g/mol. The monoisotopic (exact) mass is 349 g/mol. The molecule has 4 rings (SSSR count). The van der Waals surface area contributed by atoms with Crippen LogP contribution in [-0.2, 0) is 21.2 Å². The molecule has 3 atom stereocenters. The van der Waals surface area contributed by atoms with Crippen molar-refractivity contribution in [2.75, 3.05) is 31.1 Å². The minimum absolute atomic E-state index is 0.00303. The molecular weight excluding hydrogens is 326 g/mol. The van der Waals surface area contributed by atoms with Gasteiger partial charge in [0.05, 0.1) is 4.90 Å². The summed E-state index contributed by atoms with van der Waals surface area (Å²) in [6, 6.07) is 5.27. The number of fused-ring (bicyclic) bond motifs is 2. The molecule has 0 radical (unpaired) electrons. The van der Waals surface area contributed by atoms with Crippen molar-refractivity contribution in [3.8, 4) is 0 Å². The van der Waals surface area contributed by atoms with Crippen LogP contribution < -0.4 is 10.2 Å². The first-order valence-electron chi connectivity index (χ1n) is 8.51. The van der Waals surface area contributed by atoms with Crippen molar-refractivity contribution in [1.82, 2.24) is 9.62 Å². The number of amides is 1. The van der Waals surface area contributed by atoms with Gasteiger partial charge in [-0.05, 0) is 62.0 Å². The van der Waals surface area contributed by atoms with Crippen LogP contribution in [0.1, 0.15) is 19.4 Å². The minimum atomic E-state index is -3.46. The Hall–Kier alpha value is -1.44. The molecule has 1 unspecified atom stereocenters. The maximum absolute atomic E-state index is 13.0. The van der Waals surface area contributed by atoms with Crippen molar-refractivity contribution in [3.05, 3.63) is 23.8 Å². The second kappa shape index (κ2) is 5.54. The smallest absolute Gasteiger partial charge is 0.243 e. The fraction of sp³-hybridized carbons (Fsp3) is 0.588. The van der Waals surface area contributed by atoms with E-state index in [-0.39, 0.29) is 11.9 Å². The van der Waals surface area contributed by atoms with Crippen molar-refractivity contribution in [2.45, 2.75) is 31.2 Å². The second-order valence-corrected chi connectivity index (χ2v) is 9.17. The number of carbonyl (C=O) groups excluding carboxylic acids is 1. The molecule has 0 aliphatic carbocycles. The lowest BCUT2D eigenvalue weighted by Crippen LogP contribution is -2.33. The first kappa shape index (κ1) is 16.1. The lowest BCUT2D eigenvalue weighted by atomic mass is 10.0. The van der Waals surface area contributed by atoms with Crippen LogP contribution >= 0.6 is 0 Å². The number of benzene rings is 1. The highest BCUT2D eigenvalue weighted by molar-refractivity contribution is 7.89. The van der Waals surface area contributed by atoms with Crippen LogP contribution in [0.4, 0.5) is 5.69 Å². The Balaban J connectivity index is 1.64. The summed E-state index contributed by atoms with van der Waals surface area (Å²) in [6.45, 7) is 6.57. The summed E-state index contributed by atoms with van der Waals surface area (Å²) in [5.41, 5.74) is 1.79. The summed E-state index contributed by atoms with van der Waals surface area (Å²) in [7, 11) is -3.46. The molecule has 24 heavy (non-hydrogen) atoms. The van der Waals surface area contributed by atoms with Crippen LogP contribution in [0.3, 0.4) is 0 Å². The zero-order chi connectivity index (χ0) is 17.1. The molecule has 3 heterocycles. The van der Waals surface area contributed by atoms with E-state index in [2.05, 4.69) is 5.32 Å². The summed E-state index contributed by atoms with van der Waals surface area (Å²) < 4.78 is 27.6. The van der Waals surface area contributed by atoms with Gasteiger partial charge in [-0.25, -0.2) is 8.42 Å². The van der Waals surface area contributed by atoms with Crippen LogP contribution in [-0.4, -0.2) is 50.9 Å². The number of hydrogen-bond acceptors (Lipinski definition) is 4. The number of nitrogens with one attached hydrogen (secondary N) is 1. The van der Waals surface area contributed by atoms with Crippen LogP contribution in [0.25, 0.3) is 0 Å². The van der Waals surface area contributed by atoms with Gasteiger partial charge in [-0.2, -0.15) is 4.31 Å². The number of anilines is 1. The number of nitrogens with zero attached hydrogens (tertiary/aromatic N) is 2. The van der Waals surface area contributed by atoms with Crippen molar-refractivity contribution in [3.63, 3.8) is 0 Å². The molecule has 1 amide bonds. The van der Waals surface area contributed by atoms with Gasteiger partial charge in [-0.15, -0.1) is 0 Å². The molecule has 0 spiro atoms. The van der Waals surface area contributed by atoms with Gasteiger partial charge in [-0.3, -0.25) is 4.79 Å². The van der Waals surface area contributed by atoms with Gasteiger partial charge >= 0.3 is 0 Å². The molecule has 1 aromatic carbocycles. The highest BCUT2D eigenvalue weighted by atomic mass is 32.2. The highest BCUT2D eigenvalue weighted by Crippen LogP contribution is 2.36. The van der Waals surface area contributed by atoms with Gasteiger partial charge in [0.2, 0.25) is 15.9 Å². The highest BCUT2D eigenvalue weighted by Gasteiger charge is 2.42. The SMILES string of the molecule is CC(=O)N1c2ccc(S(=O)(=O)N3C[C@H]4CNC[C@H]4C3)cc2CC1C. The topological polar surface area (TPSA) is 69.7 Å². The second-order valence-electron chi connectivity index (χ2n) is 7.23. The van der Waals surface area contributed by atoms with Crippen LogP contribution in [0, 0.1) is 11.8 Å². The fourth-order valence-corrected chi connectivity index (χ4v) is 6.01. The van der Waals surface area contributed by atoms with E-state index in [0.29, 0.717) is 36.2 Å². The number of sulfonamides is 1. The van der Waals surface area contributed by atoms with Crippen molar-refractivity contribution >= 4 is 21.6 Å². The quantitative estimate of drug-likeness (QED) is 0.858. The molecule has 7 heteroatoms. The zero-order valence-corrected chi connectivity index (χ0v) is 14.8. The Labute approximate surface area is 142 Å². The van der Waals surface area contributed by atoms with E-state index in [4.69, 9.17) is 0 Å². The van der Waals surface area contributed by atoms with Crippen LogP contribution in [0.2, 0.25) is 0 Å². The Morgan fingerprint density at radius 1 is 1.21 bits per heavy atom. The lowest BCUT2D eigenvalue weighted by Gasteiger charge is -2.21. The molecule has 3 aliphatic rings. The third kappa shape index (κ3) is 2.37. The Morgan fingerprint density at radius 2 is 1.88 bits per heavy atom. The van der Waals surface area contributed by atoms with Gasteiger partial charge in [0.1, 0.15) is 0 Å². The van der Waals surface area contributed by atoms with Crippen molar-refractivity contribution in [2.24, 2.45) is 11.8 Å². The summed E-state index contributed by atoms with van der Waals surface area (Å²) in [4.78, 5) is 13.9. The van der Waals surface area contributed by atoms with E-state index < -0.39 is 10.0 Å². The van der Waals surface area contributed by atoms with Gasteiger partial charge < -0.3 is 10.2 Å². The molecule has 0 saturated carbocycles. The largest absolute Gasteiger partial charge is 0.316 e. The number of carbonyl (C=O) groups is 1. The third-order valence-electron chi connectivity index (χ3n) is 5.60. The summed E-state index contributed by atoms with van der Waals surface area (Å²) in [6.07, 6.45) is 0.702. The van der Waals surface area contributed by atoms with Crippen LogP contribution in [0.15, 0.2) is 23.1 Å². The molecular formula is C17H23N3O3S. The van der Waals surface area contributed by atoms with E-state index in [1.54, 1.807) is 34.3 Å². The van der Waals surface area contributed by atoms with Gasteiger partial charge in [0.25, 0.3) is 0 Å². The zero-order valence-electron chi connectivity index (χ0n) is 14.0. The third-order valence-corrected chi connectivity index (χ3v) is 7.43. The molecule has 0 bridgehead atoms. The first-order valence-corrected chi connectivity index (χ1v) is 9.95.